The SMILES string of the molecule is Cc1nc(-c2ccc(C(F)(F)F)cc2)sc1Cn1ccc2c(OCC(=O)O)cccc21. The first-order valence-electron chi connectivity index (χ1n) is 9.29. The number of aromatic nitrogens is 2. The maximum atomic E-state index is 12.8. The van der Waals surface area contributed by atoms with Gasteiger partial charge in [-0.05, 0) is 37.3 Å². The maximum Gasteiger partial charge on any atom is 0.416 e. The molecule has 0 aliphatic heterocycles. The summed E-state index contributed by atoms with van der Waals surface area (Å²) >= 11 is 1.43. The number of halogens is 3. The summed E-state index contributed by atoms with van der Waals surface area (Å²) in [6, 6.07) is 12.3. The number of thiazole rings is 1. The summed E-state index contributed by atoms with van der Waals surface area (Å²) in [6.07, 6.45) is -2.49. The first-order chi connectivity index (χ1) is 14.7. The van der Waals surface area contributed by atoms with E-state index in [1.807, 2.05) is 29.8 Å². The Kier molecular flexibility index (Phi) is 5.45. The van der Waals surface area contributed by atoms with Gasteiger partial charge in [0.2, 0.25) is 0 Å². The van der Waals surface area contributed by atoms with Crippen LogP contribution in [0.5, 0.6) is 5.75 Å². The highest BCUT2D eigenvalue weighted by molar-refractivity contribution is 7.15. The van der Waals surface area contributed by atoms with Crippen LogP contribution in [0.4, 0.5) is 13.2 Å². The number of aliphatic carboxylic acids is 1. The summed E-state index contributed by atoms with van der Waals surface area (Å²) in [4.78, 5) is 16.3. The molecule has 0 aliphatic carbocycles. The number of nitrogens with zero attached hydrogens (tertiary/aromatic N) is 2. The number of hydrogen-bond acceptors (Lipinski definition) is 4. The molecule has 160 valence electrons. The van der Waals surface area contributed by atoms with Crippen molar-refractivity contribution in [1.29, 1.82) is 0 Å². The zero-order valence-electron chi connectivity index (χ0n) is 16.3. The van der Waals surface area contributed by atoms with Gasteiger partial charge < -0.3 is 14.4 Å². The molecule has 1 N–H and O–H groups in total. The largest absolute Gasteiger partial charge is 0.481 e. The third kappa shape index (κ3) is 4.41. The van der Waals surface area contributed by atoms with Crippen LogP contribution in [0.1, 0.15) is 16.1 Å². The van der Waals surface area contributed by atoms with E-state index in [0.29, 0.717) is 22.9 Å². The van der Waals surface area contributed by atoms with E-state index in [-0.39, 0.29) is 0 Å². The van der Waals surface area contributed by atoms with E-state index < -0.39 is 24.3 Å². The van der Waals surface area contributed by atoms with Gasteiger partial charge >= 0.3 is 12.1 Å². The molecule has 0 saturated carbocycles. The molecule has 4 rings (SSSR count). The van der Waals surface area contributed by atoms with Crippen molar-refractivity contribution >= 4 is 28.2 Å². The predicted octanol–water partition coefficient (Wildman–Crippen LogP) is 5.60. The Hall–Kier alpha value is -3.33. The lowest BCUT2D eigenvalue weighted by Crippen LogP contribution is -2.09. The fraction of sp³-hybridized carbons (Fsp3) is 0.182. The van der Waals surface area contributed by atoms with E-state index in [1.165, 1.54) is 23.5 Å². The van der Waals surface area contributed by atoms with Crippen molar-refractivity contribution in [1.82, 2.24) is 9.55 Å². The minimum absolute atomic E-state index is 0.422. The van der Waals surface area contributed by atoms with Crippen LogP contribution in [-0.2, 0) is 17.5 Å². The zero-order chi connectivity index (χ0) is 22.2. The van der Waals surface area contributed by atoms with Gasteiger partial charge in [-0.15, -0.1) is 11.3 Å². The number of ether oxygens (including phenoxy) is 1. The first-order valence-corrected chi connectivity index (χ1v) is 10.1. The fourth-order valence-electron chi connectivity index (χ4n) is 3.25. The van der Waals surface area contributed by atoms with Gasteiger partial charge in [-0.2, -0.15) is 13.2 Å². The quantitative estimate of drug-likeness (QED) is 0.419. The van der Waals surface area contributed by atoms with Gasteiger partial charge in [0.25, 0.3) is 0 Å². The summed E-state index contributed by atoms with van der Waals surface area (Å²) in [7, 11) is 0. The number of hydrogen-bond donors (Lipinski definition) is 1. The fourth-order valence-corrected chi connectivity index (χ4v) is 4.32. The highest BCUT2D eigenvalue weighted by atomic mass is 32.1. The van der Waals surface area contributed by atoms with Crippen LogP contribution in [0.3, 0.4) is 0 Å². The second kappa shape index (κ2) is 8.07. The molecule has 2 aromatic carbocycles. The van der Waals surface area contributed by atoms with Gasteiger partial charge in [0.05, 0.1) is 23.3 Å². The Morgan fingerprint density at radius 3 is 2.58 bits per heavy atom. The summed E-state index contributed by atoms with van der Waals surface area (Å²) < 4.78 is 45.7. The minimum atomic E-state index is -4.37. The van der Waals surface area contributed by atoms with Crippen molar-refractivity contribution in [3.8, 4) is 16.3 Å². The van der Waals surface area contributed by atoms with Gasteiger partial charge in [-0.1, -0.05) is 18.2 Å². The van der Waals surface area contributed by atoms with Crippen molar-refractivity contribution in [2.75, 3.05) is 6.61 Å². The third-order valence-electron chi connectivity index (χ3n) is 4.79. The lowest BCUT2D eigenvalue weighted by Gasteiger charge is -2.07. The molecule has 0 radical (unpaired) electrons. The van der Waals surface area contributed by atoms with Gasteiger partial charge in [-0.25, -0.2) is 9.78 Å². The number of alkyl halides is 3. The summed E-state index contributed by atoms with van der Waals surface area (Å²) in [5.41, 5.74) is 1.63. The van der Waals surface area contributed by atoms with Crippen LogP contribution in [-0.4, -0.2) is 27.2 Å². The van der Waals surface area contributed by atoms with Gasteiger partial charge in [0.15, 0.2) is 6.61 Å². The highest BCUT2D eigenvalue weighted by Gasteiger charge is 2.30. The number of benzene rings is 2. The van der Waals surface area contributed by atoms with Crippen molar-refractivity contribution < 1.29 is 27.8 Å². The highest BCUT2D eigenvalue weighted by Crippen LogP contribution is 2.34. The number of carboxylic acids is 1. The molecule has 2 aromatic heterocycles. The smallest absolute Gasteiger partial charge is 0.416 e. The molecule has 0 bridgehead atoms. The lowest BCUT2D eigenvalue weighted by molar-refractivity contribution is -0.139. The molecule has 0 saturated heterocycles. The van der Waals surface area contributed by atoms with Crippen LogP contribution in [0.25, 0.3) is 21.5 Å². The molecular formula is C22H17F3N2O3S. The van der Waals surface area contributed by atoms with E-state index >= 15 is 0 Å². The Morgan fingerprint density at radius 2 is 1.90 bits per heavy atom. The molecular weight excluding hydrogens is 429 g/mol. The molecule has 9 heteroatoms. The first kappa shape index (κ1) is 20.9. The molecule has 5 nitrogen and oxygen atoms in total. The summed E-state index contributed by atoms with van der Waals surface area (Å²) in [6.45, 7) is 1.97. The average Bonchev–Trinajstić information content (AvgIpc) is 3.30. The van der Waals surface area contributed by atoms with Crippen LogP contribution in [0.2, 0.25) is 0 Å². The Bertz CT molecular complexity index is 1240. The number of fused-ring (bicyclic) bond motifs is 1. The molecule has 31 heavy (non-hydrogen) atoms. The van der Waals surface area contributed by atoms with Crippen molar-refractivity contribution in [3.05, 3.63) is 70.9 Å². The molecule has 0 spiro atoms. The number of aryl methyl sites for hydroxylation is 1. The molecule has 0 fully saturated rings. The third-order valence-corrected chi connectivity index (χ3v) is 5.98. The predicted molar refractivity (Wildman–Crippen MR) is 111 cm³/mol. The van der Waals surface area contributed by atoms with Crippen molar-refractivity contribution in [2.45, 2.75) is 19.6 Å². The second-order valence-electron chi connectivity index (χ2n) is 6.92. The van der Waals surface area contributed by atoms with E-state index in [4.69, 9.17) is 9.84 Å². The van der Waals surface area contributed by atoms with Gasteiger partial charge in [-0.3, -0.25) is 0 Å². The molecule has 4 aromatic rings. The van der Waals surface area contributed by atoms with Crippen LogP contribution >= 0.6 is 11.3 Å². The van der Waals surface area contributed by atoms with Gasteiger partial charge in [0, 0.05) is 22.0 Å². The van der Waals surface area contributed by atoms with E-state index in [9.17, 15) is 18.0 Å². The van der Waals surface area contributed by atoms with E-state index in [0.717, 1.165) is 33.6 Å². The monoisotopic (exact) mass is 446 g/mol. The standard InChI is InChI=1S/C22H17F3N2O3S/c1-13-19(31-21(26-13)14-5-7-15(8-6-14)22(23,24)25)11-27-10-9-16-17(27)3-2-4-18(16)30-12-20(28)29/h2-10H,11-12H2,1H3,(H,28,29). The Morgan fingerprint density at radius 1 is 1.16 bits per heavy atom. The minimum Gasteiger partial charge on any atom is -0.481 e. The van der Waals surface area contributed by atoms with Crippen molar-refractivity contribution in [2.24, 2.45) is 0 Å². The topological polar surface area (TPSA) is 64.4 Å². The molecule has 0 unspecified atom stereocenters. The van der Waals surface area contributed by atoms with E-state index in [2.05, 4.69) is 4.98 Å². The molecule has 2 heterocycles. The maximum absolute atomic E-state index is 12.8. The van der Waals surface area contributed by atoms with E-state index in [1.54, 1.807) is 12.1 Å². The zero-order valence-corrected chi connectivity index (χ0v) is 17.1. The molecule has 0 atom stereocenters. The van der Waals surface area contributed by atoms with Crippen LogP contribution < -0.4 is 4.74 Å². The number of rotatable bonds is 6. The normalized spacial score (nSPS) is 11.7. The average molecular weight is 446 g/mol. The Balaban J connectivity index is 1.59. The molecule has 0 amide bonds. The van der Waals surface area contributed by atoms with Crippen LogP contribution in [0, 0.1) is 6.92 Å². The summed E-state index contributed by atoms with van der Waals surface area (Å²) in [5.74, 6) is -0.558. The molecule has 0 aliphatic rings. The van der Waals surface area contributed by atoms with Crippen LogP contribution in [0.15, 0.2) is 54.7 Å². The summed E-state index contributed by atoms with van der Waals surface area (Å²) in [5, 5.41) is 10.3. The number of carbonyl (C=O) groups is 1. The lowest BCUT2D eigenvalue weighted by atomic mass is 10.1. The van der Waals surface area contributed by atoms with Gasteiger partial charge in [0.1, 0.15) is 10.8 Å². The Labute approximate surface area is 179 Å². The second-order valence-corrected chi connectivity index (χ2v) is 8.00. The van der Waals surface area contributed by atoms with Crippen molar-refractivity contribution in [3.63, 3.8) is 0 Å². The number of carboxylic acid groups (broad SMARTS) is 1.